The van der Waals surface area contributed by atoms with Gasteiger partial charge in [0.15, 0.2) is 0 Å². The number of methoxy groups -OCH3 is 1. The molecule has 2 atom stereocenters. The molecule has 0 radical (unpaired) electrons. The summed E-state index contributed by atoms with van der Waals surface area (Å²) in [6.07, 6.45) is 2.75. The van der Waals surface area contributed by atoms with Crippen molar-refractivity contribution in [3.8, 4) is 11.8 Å². The number of nitrogens with zero attached hydrogens (tertiary/aromatic N) is 1. The Kier molecular flexibility index (Phi) is 4.67. The van der Waals surface area contributed by atoms with Gasteiger partial charge in [-0.05, 0) is 56.7 Å². The quantitative estimate of drug-likeness (QED) is 0.842. The van der Waals surface area contributed by atoms with Crippen molar-refractivity contribution in [1.82, 2.24) is 0 Å². The van der Waals surface area contributed by atoms with Gasteiger partial charge in [0.1, 0.15) is 5.75 Å². The maximum absolute atomic E-state index is 9.50. The predicted octanol–water partition coefficient (Wildman–Crippen LogP) is 3.58. The summed E-state index contributed by atoms with van der Waals surface area (Å²) in [5.74, 6) is 1.34. The molecule has 0 aliphatic carbocycles. The minimum absolute atomic E-state index is 0.0616. The molecule has 1 aliphatic heterocycles. The summed E-state index contributed by atoms with van der Waals surface area (Å²) >= 11 is 0. The Morgan fingerprint density at radius 2 is 2.10 bits per heavy atom. The molecule has 1 heterocycles. The lowest BCUT2D eigenvalue weighted by atomic mass is 9.78. The van der Waals surface area contributed by atoms with Crippen molar-refractivity contribution < 1.29 is 9.47 Å². The van der Waals surface area contributed by atoms with Gasteiger partial charge < -0.3 is 9.47 Å². The second kappa shape index (κ2) is 6.28. The van der Waals surface area contributed by atoms with E-state index < -0.39 is 0 Å². The first-order valence-electron chi connectivity index (χ1n) is 7.20. The van der Waals surface area contributed by atoms with Crippen LogP contribution in [0.15, 0.2) is 24.3 Å². The van der Waals surface area contributed by atoms with Crippen molar-refractivity contribution in [3.05, 3.63) is 29.8 Å². The first kappa shape index (κ1) is 14.9. The molecule has 0 spiro atoms. The lowest BCUT2D eigenvalue weighted by Gasteiger charge is -2.37. The highest BCUT2D eigenvalue weighted by atomic mass is 16.5. The number of rotatable bonds is 4. The van der Waals surface area contributed by atoms with Crippen LogP contribution in [0.25, 0.3) is 0 Å². The van der Waals surface area contributed by atoms with Crippen LogP contribution in [0.3, 0.4) is 0 Å². The summed E-state index contributed by atoms with van der Waals surface area (Å²) in [7, 11) is 1.66. The van der Waals surface area contributed by atoms with E-state index in [-0.39, 0.29) is 11.5 Å². The molecular weight excluding hydrogens is 250 g/mol. The monoisotopic (exact) mass is 273 g/mol. The number of hydrogen-bond donors (Lipinski definition) is 0. The molecule has 1 aromatic rings. The van der Waals surface area contributed by atoms with Crippen LogP contribution in [-0.2, 0) is 11.2 Å². The van der Waals surface area contributed by atoms with Crippen LogP contribution in [0.2, 0.25) is 0 Å². The topological polar surface area (TPSA) is 42.2 Å². The molecule has 2 unspecified atom stereocenters. The molecule has 108 valence electrons. The van der Waals surface area contributed by atoms with Crippen LogP contribution in [0.5, 0.6) is 5.75 Å². The van der Waals surface area contributed by atoms with Crippen molar-refractivity contribution in [2.45, 2.75) is 38.7 Å². The summed E-state index contributed by atoms with van der Waals surface area (Å²) in [6, 6.07) is 10.5. The molecular formula is C17H23NO2. The zero-order valence-corrected chi connectivity index (χ0v) is 12.6. The van der Waals surface area contributed by atoms with Gasteiger partial charge in [-0.2, -0.15) is 5.26 Å². The van der Waals surface area contributed by atoms with Crippen molar-refractivity contribution in [1.29, 1.82) is 5.26 Å². The molecule has 1 saturated heterocycles. The number of benzene rings is 1. The molecule has 0 bridgehead atoms. The largest absolute Gasteiger partial charge is 0.497 e. The fourth-order valence-electron chi connectivity index (χ4n) is 2.96. The van der Waals surface area contributed by atoms with Crippen molar-refractivity contribution in [2.24, 2.45) is 11.8 Å². The molecule has 3 heteroatoms. The van der Waals surface area contributed by atoms with Gasteiger partial charge in [-0.25, -0.2) is 0 Å². The smallest absolute Gasteiger partial charge is 0.118 e. The van der Waals surface area contributed by atoms with E-state index in [1.54, 1.807) is 7.11 Å². The average Bonchev–Trinajstić information content (AvgIpc) is 2.44. The SMILES string of the molecule is COc1ccc(CC(C#N)C2CCOC(C)(C)C2)cc1. The summed E-state index contributed by atoms with van der Waals surface area (Å²) in [5.41, 5.74) is 1.10. The minimum Gasteiger partial charge on any atom is -0.497 e. The number of nitriles is 1. The van der Waals surface area contributed by atoms with Crippen LogP contribution < -0.4 is 4.74 Å². The maximum Gasteiger partial charge on any atom is 0.118 e. The van der Waals surface area contributed by atoms with E-state index in [2.05, 4.69) is 19.9 Å². The Bertz CT molecular complexity index is 473. The third-order valence-corrected chi connectivity index (χ3v) is 4.08. The Morgan fingerprint density at radius 3 is 2.65 bits per heavy atom. The molecule has 1 fully saturated rings. The summed E-state index contributed by atoms with van der Waals surface area (Å²) < 4.78 is 10.9. The Balaban J connectivity index is 2.03. The van der Waals surface area contributed by atoms with Crippen LogP contribution >= 0.6 is 0 Å². The third-order valence-electron chi connectivity index (χ3n) is 4.08. The third kappa shape index (κ3) is 3.74. The molecule has 3 nitrogen and oxygen atoms in total. The summed E-state index contributed by atoms with van der Waals surface area (Å²) in [6.45, 7) is 4.99. The lowest BCUT2D eigenvalue weighted by molar-refractivity contribution is -0.0785. The zero-order chi connectivity index (χ0) is 14.6. The van der Waals surface area contributed by atoms with Gasteiger partial charge >= 0.3 is 0 Å². The Hall–Kier alpha value is -1.53. The van der Waals surface area contributed by atoms with Gasteiger partial charge in [-0.15, -0.1) is 0 Å². The number of hydrogen-bond acceptors (Lipinski definition) is 3. The summed E-state index contributed by atoms with van der Waals surface area (Å²) in [5, 5.41) is 9.50. The highest BCUT2D eigenvalue weighted by Gasteiger charge is 2.33. The second-order valence-corrected chi connectivity index (χ2v) is 6.15. The Morgan fingerprint density at radius 1 is 1.40 bits per heavy atom. The van der Waals surface area contributed by atoms with Crippen molar-refractivity contribution in [2.75, 3.05) is 13.7 Å². The van der Waals surface area contributed by atoms with Crippen molar-refractivity contribution in [3.63, 3.8) is 0 Å². The molecule has 0 amide bonds. The standard InChI is InChI=1S/C17H23NO2/c1-17(2)11-14(8-9-20-17)15(12-18)10-13-4-6-16(19-3)7-5-13/h4-7,14-15H,8-11H2,1-3H3. The van der Waals surface area contributed by atoms with Gasteiger partial charge in [-0.1, -0.05) is 12.1 Å². The van der Waals surface area contributed by atoms with E-state index in [1.165, 1.54) is 5.56 Å². The normalized spacial score (nSPS) is 22.8. The van der Waals surface area contributed by atoms with E-state index in [9.17, 15) is 5.26 Å². The van der Waals surface area contributed by atoms with Crippen LogP contribution in [0, 0.1) is 23.2 Å². The van der Waals surface area contributed by atoms with Crippen molar-refractivity contribution >= 4 is 0 Å². The predicted molar refractivity (Wildman–Crippen MR) is 78.6 cm³/mol. The Labute approximate surface area is 121 Å². The van der Waals surface area contributed by atoms with Gasteiger partial charge in [-0.3, -0.25) is 0 Å². The lowest BCUT2D eigenvalue weighted by Crippen LogP contribution is -2.37. The highest BCUT2D eigenvalue weighted by molar-refractivity contribution is 5.28. The first-order chi connectivity index (χ1) is 9.54. The minimum atomic E-state index is -0.0993. The van der Waals surface area contributed by atoms with E-state index in [0.717, 1.165) is 31.6 Å². The van der Waals surface area contributed by atoms with E-state index in [1.807, 2.05) is 24.3 Å². The fourth-order valence-corrected chi connectivity index (χ4v) is 2.96. The van der Waals surface area contributed by atoms with Crippen LogP contribution in [0.4, 0.5) is 0 Å². The first-order valence-corrected chi connectivity index (χ1v) is 7.20. The van der Waals surface area contributed by atoms with Gasteiger partial charge in [0.25, 0.3) is 0 Å². The second-order valence-electron chi connectivity index (χ2n) is 6.15. The van der Waals surface area contributed by atoms with Crippen LogP contribution in [0.1, 0.15) is 32.3 Å². The molecule has 0 aromatic heterocycles. The molecule has 1 aromatic carbocycles. The molecule has 1 aliphatic rings. The average molecular weight is 273 g/mol. The zero-order valence-electron chi connectivity index (χ0n) is 12.6. The van der Waals surface area contributed by atoms with Gasteiger partial charge in [0, 0.05) is 6.61 Å². The fraction of sp³-hybridized carbons (Fsp3) is 0.588. The number of ether oxygens (including phenoxy) is 2. The summed E-state index contributed by atoms with van der Waals surface area (Å²) in [4.78, 5) is 0. The van der Waals surface area contributed by atoms with Gasteiger partial charge in [0.2, 0.25) is 0 Å². The maximum atomic E-state index is 9.50. The molecule has 0 N–H and O–H groups in total. The van der Waals surface area contributed by atoms with Crippen LogP contribution in [-0.4, -0.2) is 19.3 Å². The molecule has 2 rings (SSSR count). The van der Waals surface area contributed by atoms with Gasteiger partial charge in [0.05, 0.1) is 24.7 Å². The van der Waals surface area contributed by atoms with E-state index in [0.29, 0.717) is 5.92 Å². The molecule has 20 heavy (non-hydrogen) atoms. The van der Waals surface area contributed by atoms with E-state index in [4.69, 9.17) is 9.47 Å². The molecule has 0 saturated carbocycles. The van der Waals surface area contributed by atoms with E-state index >= 15 is 0 Å². The highest BCUT2D eigenvalue weighted by Crippen LogP contribution is 2.34.